The summed E-state index contributed by atoms with van der Waals surface area (Å²) in [6, 6.07) is 0. The second-order valence-electron chi connectivity index (χ2n) is 0.338. The van der Waals surface area contributed by atoms with Gasteiger partial charge in [-0.15, -0.1) is 25.7 Å². The normalized spacial score (nSPS) is 3.50. The first-order chi connectivity index (χ1) is 3.73. The van der Waals surface area contributed by atoms with Crippen LogP contribution >= 0.6 is 0 Å². The van der Waals surface area contributed by atoms with Gasteiger partial charge < -0.3 is 10.8 Å². The minimum Gasteiger partial charge on any atom is -0.465 e. The van der Waals surface area contributed by atoms with E-state index >= 15 is 0 Å². The van der Waals surface area contributed by atoms with Gasteiger partial charge in [-0.3, -0.25) is 0 Å². The molecular weight excluding hydrogens is 106 g/mol. The molecule has 0 aliphatic rings. The van der Waals surface area contributed by atoms with E-state index in [4.69, 9.17) is 9.90 Å². The number of terminal acetylenes is 2. The summed E-state index contributed by atoms with van der Waals surface area (Å²) in [6.07, 6.45) is 14.7. The third kappa shape index (κ3) is 19.5. The standard InChI is InChI=1S/2C2H2.CH3NO2/c2*1-2;2-1(3)4/h2*1-2H;2H2,(H,3,4). The van der Waals surface area contributed by atoms with Gasteiger partial charge in [-0.25, -0.2) is 4.79 Å². The Balaban J connectivity index is -0.0000000542. The number of hydrogen-bond acceptors (Lipinski definition) is 1. The van der Waals surface area contributed by atoms with Crippen LogP contribution in [0.4, 0.5) is 4.79 Å². The van der Waals surface area contributed by atoms with Crippen LogP contribution in [-0.4, -0.2) is 11.2 Å². The molecule has 0 bridgehead atoms. The first-order valence-electron chi connectivity index (χ1n) is 1.38. The molecule has 0 aromatic carbocycles. The SMILES string of the molecule is C#C.C#C.NC(=O)O. The molecule has 0 unspecified atom stereocenters. The Labute approximate surface area is 48.5 Å². The Morgan fingerprint density at radius 1 is 1.25 bits per heavy atom. The zero-order valence-corrected chi connectivity index (χ0v) is 4.24. The molecule has 0 aliphatic heterocycles. The Kier molecular flexibility index (Phi) is 109. The van der Waals surface area contributed by atoms with Crippen molar-refractivity contribution in [2.75, 3.05) is 0 Å². The second kappa shape index (κ2) is 53.8. The van der Waals surface area contributed by atoms with E-state index in [-0.39, 0.29) is 0 Å². The van der Waals surface area contributed by atoms with Crippen molar-refractivity contribution >= 4 is 6.09 Å². The molecule has 0 fully saturated rings. The molecule has 44 valence electrons. The number of carboxylic acid groups (broad SMARTS) is 1. The maximum Gasteiger partial charge on any atom is 0.402 e. The maximum atomic E-state index is 8.78. The highest BCUT2D eigenvalue weighted by atomic mass is 16.4. The summed E-state index contributed by atoms with van der Waals surface area (Å²) in [4.78, 5) is 8.78. The molecule has 3 N–H and O–H groups in total. The zero-order chi connectivity index (χ0) is 7.58. The highest BCUT2D eigenvalue weighted by molar-refractivity contribution is 5.61. The fourth-order valence-electron chi connectivity index (χ4n) is 0. The van der Waals surface area contributed by atoms with Crippen LogP contribution in [0.2, 0.25) is 0 Å². The predicted octanol–water partition coefficient (Wildman–Crippen LogP) is 0.122. The first kappa shape index (κ1) is 16.2. The summed E-state index contributed by atoms with van der Waals surface area (Å²) in [7, 11) is 0. The van der Waals surface area contributed by atoms with E-state index < -0.39 is 6.09 Å². The highest BCUT2D eigenvalue weighted by Gasteiger charge is 1.65. The fraction of sp³-hybridized carbons (Fsp3) is 0. The lowest BCUT2D eigenvalue weighted by Crippen LogP contribution is -2.03. The van der Waals surface area contributed by atoms with E-state index in [2.05, 4.69) is 31.4 Å². The van der Waals surface area contributed by atoms with E-state index in [0.717, 1.165) is 0 Å². The lowest BCUT2D eigenvalue weighted by atomic mass is 11.3. The van der Waals surface area contributed by atoms with E-state index in [9.17, 15) is 0 Å². The number of carbonyl (C=O) groups is 1. The zero-order valence-electron chi connectivity index (χ0n) is 4.24. The van der Waals surface area contributed by atoms with Crippen molar-refractivity contribution in [1.82, 2.24) is 0 Å². The number of primary amides is 1. The van der Waals surface area contributed by atoms with E-state index in [1.807, 2.05) is 0 Å². The number of nitrogens with two attached hydrogens (primary N) is 1. The molecule has 0 aromatic rings. The summed E-state index contributed by atoms with van der Waals surface area (Å²) in [5.74, 6) is 0. The Hall–Kier alpha value is -1.61. The van der Waals surface area contributed by atoms with Gasteiger partial charge in [0.2, 0.25) is 0 Å². The summed E-state index contributed by atoms with van der Waals surface area (Å²) < 4.78 is 0. The average molecular weight is 113 g/mol. The van der Waals surface area contributed by atoms with Crippen LogP contribution in [0.5, 0.6) is 0 Å². The fourth-order valence-corrected chi connectivity index (χ4v) is 0. The van der Waals surface area contributed by atoms with Crippen LogP contribution in [0, 0.1) is 25.7 Å². The summed E-state index contributed by atoms with van der Waals surface area (Å²) >= 11 is 0. The van der Waals surface area contributed by atoms with Gasteiger partial charge in [0.1, 0.15) is 0 Å². The molecule has 1 amide bonds. The molecule has 0 atom stereocenters. The van der Waals surface area contributed by atoms with Gasteiger partial charge in [0.25, 0.3) is 0 Å². The largest absolute Gasteiger partial charge is 0.465 e. The average Bonchev–Trinajstić information content (AvgIpc) is 1.75. The molecule has 0 rings (SSSR count). The van der Waals surface area contributed by atoms with Crippen molar-refractivity contribution in [2.45, 2.75) is 0 Å². The van der Waals surface area contributed by atoms with Crippen LogP contribution < -0.4 is 5.73 Å². The van der Waals surface area contributed by atoms with Crippen LogP contribution in [-0.2, 0) is 0 Å². The van der Waals surface area contributed by atoms with Crippen molar-refractivity contribution in [1.29, 1.82) is 0 Å². The van der Waals surface area contributed by atoms with E-state index in [1.165, 1.54) is 0 Å². The number of rotatable bonds is 0. The lowest BCUT2D eigenvalue weighted by Gasteiger charge is -1.61. The molecule has 3 nitrogen and oxygen atoms in total. The van der Waals surface area contributed by atoms with Crippen molar-refractivity contribution in [2.24, 2.45) is 5.73 Å². The van der Waals surface area contributed by atoms with Gasteiger partial charge in [0.05, 0.1) is 0 Å². The molecule has 0 saturated carbocycles. The van der Waals surface area contributed by atoms with Crippen molar-refractivity contribution in [3.63, 3.8) is 0 Å². The minimum atomic E-state index is -1.33. The lowest BCUT2D eigenvalue weighted by molar-refractivity contribution is 0.205. The van der Waals surface area contributed by atoms with Gasteiger partial charge in [0, 0.05) is 0 Å². The third-order valence-electron chi connectivity index (χ3n) is 0. The molecule has 0 saturated heterocycles. The molecule has 8 heavy (non-hydrogen) atoms. The Bertz CT molecular complexity index is 72.9. The smallest absolute Gasteiger partial charge is 0.402 e. The van der Waals surface area contributed by atoms with Crippen LogP contribution in [0.15, 0.2) is 0 Å². The van der Waals surface area contributed by atoms with Crippen molar-refractivity contribution in [3.05, 3.63) is 0 Å². The maximum absolute atomic E-state index is 8.78. The second-order valence-corrected chi connectivity index (χ2v) is 0.338. The molecular formula is C5H7NO2. The van der Waals surface area contributed by atoms with Gasteiger partial charge >= 0.3 is 6.09 Å². The van der Waals surface area contributed by atoms with E-state index in [0.29, 0.717) is 0 Å². The van der Waals surface area contributed by atoms with Crippen molar-refractivity contribution in [3.8, 4) is 25.7 Å². The van der Waals surface area contributed by atoms with Gasteiger partial charge in [-0.05, 0) is 0 Å². The Morgan fingerprint density at radius 3 is 1.25 bits per heavy atom. The quantitative estimate of drug-likeness (QED) is 0.438. The number of hydrogen-bond donors (Lipinski definition) is 2. The molecule has 0 aliphatic carbocycles. The molecule has 0 heterocycles. The highest BCUT2D eigenvalue weighted by Crippen LogP contribution is 1.34. The summed E-state index contributed by atoms with van der Waals surface area (Å²) in [6.45, 7) is 0. The molecule has 3 heteroatoms. The predicted molar refractivity (Wildman–Crippen MR) is 32.0 cm³/mol. The third-order valence-corrected chi connectivity index (χ3v) is 0. The summed E-state index contributed by atoms with van der Waals surface area (Å²) in [5, 5.41) is 7.19. The van der Waals surface area contributed by atoms with Crippen LogP contribution in [0.1, 0.15) is 0 Å². The molecule has 0 radical (unpaired) electrons. The van der Waals surface area contributed by atoms with E-state index in [1.54, 1.807) is 0 Å². The van der Waals surface area contributed by atoms with Gasteiger partial charge in [0.15, 0.2) is 0 Å². The minimum absolute atomic E-state index is 1.33. The van der Waals surface area contributed by atoms with Crippen LogP contribution in [0.25, 0.3) is 0 Å². The Morgan fingerprint density at radius 2 is 1.25 bits per heavy atom. The van der Waals surface area contributed by atoms with Crippen LogP contribution in [0.3, 0.4) is 0 Å². The summed E-state index contributed by atoms with van der Waals surface area (Å²) in [5.41, 5.74) is 4.03. The van der Waals surface area contributed by atoms with Gasteiger partial charge in [-0.2, -0.15) is 0 Å². The molecule has 0 aromatic heterocycles. The molecule has 0 spiro atoms. The number of amides is 1. The van der Waals surface area contributed by atoms with Crippen molar-refractivity contribution < 1.29 is 9.90 Å². The first-order valence-corrected chi connectivity index (χ1v) is 1.38. The topological polar surface area (TPSA) is 63.3 Å². The monoisotopic (exact) mass is 113 g/mol. The van der Waals surface area contributed by atoms with Gasteiger partial charge in [-0.1, -0.05) is 0 Å².